The second-order valence-corrected chi connectivity index (χ2v) is 7.70. The third-order valence-corrected chi connectivity index (χ3v) is 5.85. The van der Waals surface area contributed by atoms with E-state index in [1.54, 1.807) is 30.3 Å². The summed E-state index contributed by atoms with van der Waals surface area (Å²) in [4.78, 5) is 31.4. The quantitative estimate of drug-likeness (QED) is 0.383. The van der Waals surface area contributed by atoms with Crippen molar-refractivity contribution in [1.29, 1.82) is 0 Å². The van der Waals surface area contributed by atoms with Crippen LogP contribution in [0.1, 0.15) is 0 Å². The average molecular weight is 418 g/mol. The van der Waals surface area contributed by atoms with Crippen LogP contribution in [0.15, 0.2) is 82.4 Å². The van der Waals surface area contributed by atoms with Crippen molar-refractivity contribution in [2.24, 2.45) is 0 Å². The lowest BCUT2D eigenvalue weighted by Gasteiger charge is -2.14. The van der Waals surface area contributed by atoms with Crippen LogP contribution in [0.2, 0.25) is 0 Å². The first-order valence-electron chi connectivity index (χ1n) is 9.03. The molecule has 0 saturated carbocycles. The second kappa shape index (κ2) is 6.96. The molecule has 0 radical (unpaired) electrons. The standard InChI is InChI=1S/C23H12F2N2O2S/c24-14-10-8-13(9-11-14)21-26-22-19(20(28)17-6-1-2-7-18(17)30-22)23(29)27(21)16-5-3-4-15(25)12-16/h1-12H. The predicted molar refractivity (Wildman–Crippen MR) is 114 cm³/mol. The zero-order chi connectivity index (χ0) is 20.8. The molecular weight excluding hydrogens is 406 g/mol. The summed E-state index contributed by atoms with van der Waals surface area (Å²) in [6.07, 6.45) is 0. The normalized spacial score (nSPS) is 11.3. The molecule has 0 N–H and O–H groups in total. The van der Waals surface area contributed by atoms with Gasteiger partial charge in [0.15, 0.2) is 0 Å². The Kier molecular flexibility index (Phi) is 4.25. The third kappa shape index (κ3) is 2.91. The molecule has 30 heavy (non-hydrogen) atoms. The molecule has 7 heteroatoms. The summed E-state index contributed by atoms with van der Waals surface area (Å²) in [5, 5.41) is 0.364. The van der Waals surface area contributed by atoms with Crippen molar-refractivity contribution in [1.82, 2.24) is 9.55 Å². The van der Waals surface area contributed by atoms with Gasteiger partial charge in [0.2, 0.25) is 5.43 Å². The van der Waals surface area contributed by atoms with Gasteiger partial charge < -0.3 is 0 Å². The van der Waals surface area contributed by atoms with Crippen LogP contribution in [0.25, 0.3) is 37.4 Å². The molecule has 0 aliphatic rings. The minimum absolute atomic E-state index is 0.0613. The Balaban J connectivity index is 1.97. The van der Waals surface area contributed by atoms with E-state index in [1.807, 2.05) is 0 Å². The van der Waals surface area contributed by atoms with Crippen LogP contribution in [0.4, 0.5) is 8.78 Å². The fourth-order valence-electron chi connectivity index (χ4n) is 3.40. The molecule has 2 aromatic heterocycles. The predicted octanol–water partition coefficient (Wildman–Crippen LogP) is 4.91. The van der Waals surface area contributed by atoms with Crippen molar-refractivity contribution >= 4 is 31.6 Å². The Hall–Kier alpha value is -3.71. The Labute approximate surface area is 172 Å². The number of fused-ring (bicyclic) bond motifs is 2. The Morgan fingerprint density at radius 2 is 1.60 bits per heavy atom. The fourth-order valence-corrected chi connectivity index (χ4v) is 4.44. The van der Waals surface area contributed by atoms with E-state index in [0.717, 1.165) is 0 Å². The van der Waals surface area contributed by atoms with Crippen molar-refractivity contribution < 1.29 is 8.78 Å². The van der Waals surface area contributed by atoms with Crippen LogP contribution in [0.5, 0.6) is 0 Å². The van der Waals surface area contributed by atoms with Gasteiger partial charge in [0.25, 0.3) is 5.56 Å². The number of rotatable bonds is 2. The van der Waals surface area contributed by atoms with Crippen molar-refractivity contribution in [2.45, 2.75) is 0 Å². The highest BCUT2D eigenvalue weighted by Crippen LogP contribution is 2.26. The van der Waals surface area contributed by atoms with Gasteiger partial charge in [0.05, 0.1) is 5.69 Å². The molecule has 146 valence electrons. The molecule has 4 nitrogen and oxygen atoms in total. The SMILES string of the molecule is O=c1c2ccccc2sc2nc(-c3ccc(F)cc3)n(-c3cccc(F)c3)c(=O)c12. The van der Waals surface area contributed by atoms with E-state index in [1.165, 1.54) is 58.4 Å². The van der Waals surface area contributed by atoms with E-state index >= 15 is 0 Å². The van der Waals surface area contributed by atoms with Gasteiger partial charge in [-0.15, -0.1) is 11.3 Å². The minimum atomic E-state index is -0.600. The number of halogens is 2. The molecule has 0 unspecified atom stereocenters. The van der Waals surface area contributed by atoms with Crippen LogP contribution in [0.3, 0.4) is 0 Å². The van der Waals surface area contributed by atoms with Gasteiger partial charge in [0.1, 0.15) is 27.7 Å². The summed E-state index contributed by atoms with van der Waals surface area (Å²) in [5.74, 6) is -0.771. The molecule has 0 aliphatic carbocycles. The van der Waals surface area contributed by atoms with E-state index in [9.17, 15) is 18.4 Å². The molecule has 2 heterocycles. The van der Waals surface area contributed by atoms with Gasteiger partial charge in [-0.25, -0.2) is 13.8 Å². The highest BCUT2D eigenvalue weighted by atomic mass is 32.1. The lowest BCUT2D eigenvalue weighted by atomic mass is 10.1. The van der Waals surface area contributed by atoms with Gasteiger partial charge in [-0.3, -0.25) is 14.2 Å². The van der Waals surface area contributed by atoms with Crippen LogP contribution in [-0.4, -0.2) is 9.55 Å². The molecule has 0 fully saturated rings. The van der Waals surface area contributed by atoms with Crippen LogP contribution >= 0.6 is 11.3 Å². The van der Waals surface area contributed by atoms with Gasteiger partial charge in [-0.05, 0) is 54.6 Å². The third-order valence-electron chi connectivity index (χ3n) is 4.78. The van der Waals surface area contributed by atoms with E-state index < -0.39 is 22.6 Å². The summed E-state index contributed by atoms with van der Waals surface area (Å²) in [5.41, 5.74) is -0.330. The van der Waals surface area contributed by atoms with Gasteiger partial charge in [0, 0.05) is 15.6 Å². The maximum Gasteiger partial charge on any atom is 0.271 e. The first-order valence-corrected chi connectivity index (χ1v) is 9.85. The van der Waals surface area contributed by atoms with E-state index in [2.05, 4.69) is 4.98 Å². The topological polar surface area (TPSA) is 52.0 Å². The van der Waals surface area contributed by atoms with Crippen LogP contribution in [0, 0.1) is 11.6 Å². The molecule has 0 aliphatic heterocycles. The van der Waals surface area contributed by atoms with Crippen molar-refractivity contribution in [2.75, 3.05) is 0 Å². The number of hydrogen-bond acceptors (Lipinski definition) is 4. The summed E-state index contributed by atoms with van der Waals surface area (Å²) in [7, 11) is 0. The zero-order valence-electron chi connectivity index (χ0n) is 15.3. The average Bonchev–Trinajstić information content (AvgIpc) is 2.74. The highest BCUT2D eigenvalue weighted by Gasteiger charge is 2.19. The first-order chi connectivity index (χ1) is 14.5. The maximum atomic E-state index is 13.9. The van der Waals surface area contributed by atoms with Crippen molar-refractivity contribution in [3.05, 3.63) is 105 Å². The molecular formula is C23H12F2N2O2S. The van der Waals surface area contributed by atoms with Gasteiger partial charge >= 0.3 is 0 Å². The second-order valence-electron chi connectivity index (χ2n) is 6.67. The highest BCUT2D eigenvalue weighted by molar-refractivity contribution is 7.24. The molecule has 3 aromatic carbocycles. The minimum Gasteiger partial charge on any atom is -0.288 e. The number of nitrogens with zero attached hydrogens (tertiary/aromatic N) is 2. The molecule has 0 spiro atoms. The summed E-state index contributed by atoms with van der Waals surface area (Å²) in [6, 6.07) is 17.9. The van der Waals surface area contributed by atoms with Crippen molar-refractivity contribution in [3.8, 4) is 17.1 Å². The maximum absolute atomic E-state index is 13.9. The first kappa shape index (κ1) is 18.3. The Morgan fingerprint density at radius 1 is 0.833 bits per heavy atom. The molecule has 0 amide bonds. The molecule has 0 atom stereocenters. The fraction of sp³-hybridized carbons (Fsp3) is 0. The smallest absolute Gasteiger partial charge is 0.271 e. The van der Waals surface area contributed by atoms with E-state index in [-0.39, 0.29) is 21.7 Å². The molecule has 0 bridgehead atoms. The van der Waals surface area contributed by atoms with Gasteiger partial charge in [-0.2, -0.15) is 0 Å². The Bertz CT molecular complexity index is 1560. The van der Waals surface area contributed by atoms with Crippen LogP contribution in [-0.2, 0) is 0 Å². The molecule has 5 aromatic rings. The van der Waals surface area contributed by atoms with Crippen LogP contribution < -0.4 is 11.0 Å². The monoisotopic (exact) mass is 418 g/mol. The van der Waals surface area contributed by atoms with Crippen molar-refractivity contribution in [3.63, 3.8) is 0 Å². The van der Waals surface area contributed by atoms with Gasteiger partial charge in [-0.1, -0.05) is 18.2 Å². The summed E-state index contributed by atoms with van der Waals surface area (Å²) < 4.78 is 29.3. The number of hydrogen-bond donors (Lipinski definition) is 0. The lowest BCUT2D eigenvalue weighted by molar-refractivity contribution is 0.626. The number of aromatic nitrogens is 2. The lowest BCUT2D eigenvalue weighted by Crippen LogP contribution is -2.26. The zero-order valence-corrected chi connectivity index (χ0v) is 16.1. The largest absolute Gasteiger partial charge is 0.288 e. The van der Waals surface area contributed by atoms with E-state index in [4.69, 9.17) is 0 Å². The summed E-state index contributed by atoms with van der Waals surface area (Å²) in [6.45, 7) is 0. The molecule has 5 rings (SSSR count). The van der Waals surface area contributed by atoms with E-state index in [0.29, 0.717) is 15.6 Å². The summed E-state index contributed by atoms with van der Waals surface area (Å²) >= 11 is 1.23. The molecule has 0 saturated heterocycles. The Morgan fingerprint density at radius 3 is 2.37 bits per heavy atom. The number of benzene rings is 3.